The first-order valence-corrected chi connectivity index (χ1v) is 6.15. The molecule has 1 N–H and O–H groups in total. The van der Waals surface area contributed by atoms with Crippen molar-refractivity contribution in [2.24, 2.45) is 5.92 Å². The highest BCUT2D eigenvalue weighted by atomic mass is 32.2. The molecule has 1 atom stereocenters. The molecule has 0 aliphatic heterocycles. The van der Waals surface area contributed by atoms with E-state index in [1.54, 1.807) is 0 Å². The molecule has 1 unspecified atom stereocenters. The molecule has 0 heterocycles. The fourth-order valence-corrected chi connectivity index (χ4v) is 3.14. The second kappa shape index (κ2) is 5.87. The van der Waals surface area contributed by atoms with Crippen LogP contribution in [0.25, 0.3) is 0 Å². The van der Waals surface area contributed by atoms with E-state index in [1.165, 1.54) is 32.1 Å². The van der Waals surface area contributed by atoms with Gasteiger partial charge in [0.1, 0.15) is 0 Å². The normalized spacial score (nSPS) is 22.5. The second-order valence-corrected chi connectivity index (χ2v) is 5.09. The molecule has 1 fully saturated rings. The molecule has 12 heavy (non-hydrogen) atoms. The van der Waals surface area contributed by atoms with E-state index >= 15 is 0 Å². The van der Waals surface area contributed by atoms with Gasteiger partial charge in [0.15, 0.2) is 0 Å². The molecular weight excluding hydrogens is 168 g/mol. The van der Waals surface area contributed by atoms with Gasteiger partial charge in [-0.05, 0) is 24.5 Å². The van der Waals surface area contributed by atoms with E-state index < -0.39 is 0 Å². The fraction of sp³-hybridized carbons (Fsp3) is 1.00. The highest BCUT2D eigenvalue weighted by Crippen LogP contribution is 2.32. The molecule has 0 saturated heterocycles. The highest BCUT2D eigenvalue weighted by Gasteiger charge is 2.22. The minimum atomic E-state index is 0.378. The van der Waals surface area contributed by atoms with Gasteiger partial charge in [0.05, 0.1) is 6.61 Å². The third-order valence-electron chi connectivity index (χ3n) is 2.74. The number of hydrogen-bond acceptors (Lipinski definition) is 2. The topological polar surface area (TPSA) is 20.2 Å². The zero-order valence-electron chi connectivity index (χ0n) is 7.96. The molecule has 0 spiro atoms. The van der Waals surface area contributed by atoms with Crippen molar-refractivity contribution >= 4 is 11.8 Å². The van der Waals surface area contributed by atoms with Crippen LogP contribution in [0.15, 0.2) is 0 Å². The lowest BCUT2D eigenvalue weighted by Gasteiger charge is -2.28. The maximum Gasteiger partial charge on any atom is 0.0552 e. The Kier molecular flexibility index (Phi) is 5.08. The van der Waals surface area contributed by atoms with Gasteiger partial charge in [-0.1, -0.05) is 26.2 Å². The van der Waals surface area contributed by atoms with Gasteiger partial charge in [0.25, 0.3) is 0 Å². The lowest BCUT2D eigenvalue weighted by molar-refractivity contribution is 0.238. The standard InChI is InChI=1S/C10H20OS/c1-2-12-10(8-11)9-6-4-3-5-7-9/h9-11H,2-8H2,1H3. The van der Waals surface area contributed by atoms with Gasteiger partial charge < -0.3 is 5.11 Å². The van der Waals surface area contributed by atoms with Crippen LogP contribution in [0.1, 0.15) is 39.0 Å². The smallest absolute Gasteiger partial charge is 0.0552 e. The van der Waals surface area contributed by atoms with Crippen molar-refractivity contribution < 1.29 is 5.11 Å². The van der Waals surface area contributed by atoms with Crippen LogP contribution in [-0.2, 0) is 0 Å². The summed E-state index contributed by atoms with van der Waals surface area (Å²) in [6, 6.07) is 0. The van der Waals surface area contributed by atoms with Crippen molar-refractivity contribution in [3.05, 3.63) is 0 Å². The Bertz CT molecular complexity index is 108. The molecule has 0 aromatic rings. The molecule has 1 saturated carbocycles. The van der Waals surface area contributed by atoms with E-state index in [9.17, 15) is 5.11 Å². The van der Waals surface area contributed by atoms with E-state index in [2.05, 4.69) is 6.92 Å². The van der Waals surface area contributed by atoms with Crippen molar-refractivity contribution in [2.75, 3.05) is 12.4 Å². The lowest BCUT2D eigenvalue weighted by atomic mass is 9.87. The Balaban J connectivity index is 2.29. The number of thioether (sulfide) groups is 1. The van der Waals surface area contributed by atoms with E-state index in [0.29, 0.717) is 11.9 Å². The lowest BCUT2D eigenvalue weighted by Crippen LogP contribution is -2.23. The van der Waals surface area contributed by atoms with Crippen LogP contribution in [0.4, 0.5) is 0 Å². The average molecular weight is 188 g/mol. The third-order valence-corrected chi connectivity index (χ3v) is 4.03. The molecule has 1 aliphatic rings. The average Bonchev–Trinajstić information content (AvgIpc) is 2.15. The zero-order valence-corrected chi connectivity index (χ0v) is 8.78. The number of rotatable bonds is 4. The first-order valence-electron chi connectivity index (χ1n) is 5.11. The quantitative estimate of drug-likeness (QED) is 0.732. The molecule has 1 nitrogen and oxygen atoms in total. The van der Waals surface area contributed by atoms with Crippen molar-refractivity contribution in [3.63, 3.8) is 0 Å². The Morgan fingerprint density at radius 2 is 2.00 bits per heavy atom. The maximum absolute atomic E-state index is 9.19. The van der Waals surface area contributed by atoms with Crippen LogP contribution in [0.5, 0.6) is 0 Å². The van der Waals surface area contributed by atoms with E-state index in [4.69, 9.17) is 0 Å². The fourth-order valence-electron chi connectivity index (χ4n) is 2.06. The molecule has 0 bridgehead atoms. The van der Waals surface area contributed by atoms with Gasteiger partial charge in [-0.2, -0.15) is 11.8 Å². The number of aliphatic hydroxyl groups excluding tert-OH is 1. The zero-order chi connectivity index (χ0) is 8.81. The molecule has 0 radical (unpaired) electrons. The first kappa shape index (κ1) is 10.4. The summed E-state index contributed by atoms with van der Waals surface area (Å²) in [6.07, 6.45) is 6.86. The Morgan fingerprint density at radius 1 is 1.33 bits per heavy atom. The van der Waals surface area contributed by atoms with E-state index in [-0.39, 0.29) is 0 Å². The molecule has 0 aromatic heterocycles. The summed E-state index contributed by atoms with van der Waals surface area (Å²) < 4.78 is 0. The third kappa shape index (κ3) is 2.98. The molecule has 1 rings (SSSR count). The van der Waals surface area contributed by atoms with Gasteiger partial charge >= 0.3 is 0 Å². The van der Waals surface area contributed by atoms with Crippen molar-refractivity contribution in [1.29, 1.82) is 0 Å². The van der Waals surface area contributed by atoms with Gasteiger partial charge in [0.2, 0.25) is 0 Å². The van der Waals surface area contributed by atoms with Crippen LogP contribution in [0, 0.1) is 5.92 Å². The maximum atomic E-state index is 9.19. The predicted octanol–water partition coefficient (Wildman–Crippen LogP) is 2.68. The minimum Gasteiger partial charge on any atom is -0.395 e. The summed E-state index contributed by atoms with van der Waals surface area (Å²) in [4.78, 5) is 0. The molecule has 0 amide bonds. The molecular formula is C10H20OS. The van der Waals surface area contributed by atoms with Crippen molar-refractivity contribution in [3.8, 4) is 0 Å². The Labute approximate surface area is 79.9 Å². The minimum absolute atomic E-state index is 0.378. The van der Waals surface area contributed by atoms with Crippen LogP contribution in [0.2, 0.25) is 0 Å². The number of aliphatic hydroxyl groups is 1. The van der Waals surface area contributed by atoms with Crippen LogP contribution < -0.4 is 0 Å². The molecule has 72 valence electrons. The summed E-state index contributed by atoms with van der Waals surface area (Å²) in [6.45, 7) is 2.55. The second-order valence-electron chi connectivity index (χ2n) is 3.57. The summed E-state index contributed by atoms with van der Waals surface area (Å²) in [7, 11) is 0. The molecule has 1 aliphatic carbocycles. The molecule has 0 aromatic carbocycles. The van der Waals surface area contributed by atoms with Crippen molar-refractivity contribution in [2.45, 2.75) is 44.3 Å². The van der Waals surface area contributed by atoms with Gasteiger partial charge in [-0.15, -0.1) is 0 Å². The van der Waals surface area contributed by atoms with Gasteiger partial charge in [-0.25, -0.2) is 0 Å². The largest absolute Gasteiger partial charge is 0.395 e. The van der Waals surface area contributed by atoms with Gasteiger partial charge in [-0.3, -0.25) is 0 Å². The van der Waals surface area contributed by atoms with Crippen LogP contribution in [-0.4, -0.2) is 22.7 Å². The summed E-state index contributed by atoms with van der Waals surface area (Å²) in [5.74, 6) is 1.94. The number of hydrogen-bond donors (Lipinski definition) is 1. The summed E-state index contributed by atoms with van der Waals surface area (Å²) in [5.41, 5.74) is 0. The van der Waals surface area contributed by atoms with Crippen LogP contribution in [0.3, 0.4) is 0 Å². The van der Waals surface area contributed by atoms with Crippen LogP contribution >= 0.6 is 11.8 Å². The van der Waals surface area contributed by atoms with E-state index in [0.717, 1.165) is 11.7 Å². The highest BCUT2D eigenvalue weighted by molar-refractivity contribution is 7.99. The first-order chi connectivity index (χ1) is 5.88. The predicted molar refractivity (Wildman–Crippen MR) is 55.6 cm³/mol. The monoisotopic (exact) mass is 188 g/mol. The van der Waals surface area contributed by atoms with E-state index in [1.807, 2.05) is 11.8 Å². The Hall–Kier alpha value is 0.310. The Morgan fingerprint density at radius 3 is 2.50 bits per heavy atom. The summed E-state index contributed by atoms with van der Waals surface area (Å²) >= 11 is 1.93. The molecule has 2 heteroatoms. The summed E-state index contributed by atoms with van der Waals surface area (Å²) in [5, 5.41) is 9.71. The SMILES string of the molecule is CCSC(CO)C1CCCCC1. The van der Waals surface area contributed by atoms with Gasteiger partial charge in [0, 0.05) is 5.25 Å². The van der Waals surface area contributed by atoms with Crippen molar-refractivity contribution in [1.82, 2.24) is 0 Å².